The third-order valence-electron chi connectivity index (χ3n) is 3.28. The van der Waals surface area contributed by atoms with Crippen LogP contribution in [-0.2, 0) is 11.0 Å². The highest BCUT2D eigenvalue weighted by atomic mass is 19.4. The summed E-state index contributed by atoms with van der Waals surface area (Å²) in [5.41, 5.74) is -0.0956. The van der Waals surface area contributed by atoms with Gasteiger partial charge in [0.1, 0.15) is 0 Å². The molecule has 0 bridgehead atoms. The Balaban J connectivity index is 1.97. The van der Waals surface area contributed by atoms with Gasteiger partial charge in [-0.3, -0.25) is 9.59 Å². The van der Waals surface area contributed by atoms with Crippen molar-refractivity contribution in [3.8, 4) is 0 Å². The topological polar surface area (TPSA) is 92.2 Å². The molecule has 1 heterocycles. The zero-order valence-electron chi connectivity index (χ0n) is 10.7. The van der Waals surface area contributed by atoms with E-state index in [0.29, 0.717) is 19.3 Å². The minimum atomic E-state index is -4.66. The molecule has 1 aliphatic carbocycles. The van der Waals surface area contributed by atoms with Crippen LogP contribution in [-0.4, -0.2) is 33.0 Å². The SMILES string of the molecule is O=C(N[C@H]1CC[C@@H](C(=O)O)C1)c1cnc(C(F)(F)F)nc1. The van der Waals surface area contributed by atoms with Gasteiger partial charge in [0.25, 0.3) is 5.91 Å². The number of aliphatic carboxylic acids is 1. The first-order chi connectivity index (χ1) is 9.77. The third kappa shape index (κ3) is 3.67. The zero-order chi connectivity index (χ0) is 15.6. The van der Waals surface area contributed by atoms with Gasteiger partial charge in [0.15, 0.2) is 0 Å². The van der Waals surface area contributed by atoms with Gasteiger partial charge in [-0.15, -0.1) is 0 Å². The number of carbonyl (C=O) groups excluding carboxylic acids is 1. The van der Waals surface area contributed by atoms with Gasteiger partial charge >= 0.3 is 12.1 Å². The minimum absolute atomic E-state index is 0.0956. The van der Waals surface area contributed by atoms with Crippen molar-refractivity contribution in [1.82, 2.24) is 15.3 Å². The molecule has 1 saturated carbocycles. The molecule has 0 aromatic carbocycles. The van der Waals surface area contributed by atoms with E-state index in [9.17, 15) is 22.8 Å². The molecule has 0 radical (unpaired) electrons. The first kappa shape index (κ1) is 15.2. The number of carboxylic acid groups (broad SMARTS) is 1. The van der Waals surface area contributed by atoms with Crippen LogP contribution in [0.5, 0.6) is 0 Å². The lowest BCUT2D eigenvalue weighted by molar-refractivity contribution is -0.145. The van der Waals surface area contributed by atoms with E-state index in [1.54, 1.807) is 0 Å². The summed E-state index contributed by atoms with van der Waals surface area (Å²) in [6.45, 7) is 0. The summed E-state index contributed by atoms with van der Waals surface area (Å²) in [5.74, 6) is -3.34. The van der Waals surface area contributed by atoms with Crippen LogP contribution in [0.3, 0.4) is 0 Å². The molecule has 0 saturated heterocycles. The number of aromatic nitrogens is 2. The fourth-order valence-corrected chi connectivity index (χ4v) is 2.20. The molecule has 1 fully saturated rings. The monoisotopic (exact) mass is 303 g/mol. The van der Waals surface area contributed by atoms with E-state index in [2.05, 4.69) is 15.3 Å². The predicted molar refractivity (Wildman–Crippen MR) is 63.3 cm³/mol. The predicted octanol–water partition coefficient (Wildman–Crippen LogP) is 1.48. The molecule has 21 heavy (non-hydrogen) atoms. The Hall–Kier alpha value is -2.19. The van der Waals surface area contributed by atoms with Gasteiger partial charge in [0.2, 0.25) is 5.82 Å². The number of rotatable bonds is 3. The number of nitrogens with zero attached hydrogens (tertiary/aromatic N) is 2. The van der Waals surface area contributed by atoms with Crippen LogP contribution in [0.2, 0.25) is 0 Å². The first-order valence-electron chi connectivity index (χ1n) is 6.20. The highest BCUT2D eigenvalue weighted by molar-refractivity contribution is 5.93. The van der Waals surface area contributed by atoms with Crippen LogP contribution in [0.1, 0.15) is 35.4 Å². The Morgan fingerprint density at radius 2 is 1.86 bits per heavy atom. The summed E-state index contributed by atoms with van der Waals surface area (Å²) < 4.78 is 36.9. The molecule has 0 unspecified atom stereocenters. The Bertz CT molecular complexity index is 545. The summed E-state index contributed by atoms with van der Waals surface area (Å²) >= 11 is 0. The fraction of sp³-hybridized carbons (Fsp3) is 0.500. The van der Waals surface area contributed by atoms with Crippen molar-refractivity contribution in [3.05, 3.63) is 23.8 Å². The van der Waals surface area contributed by atoms with Crippen LogP contribution in [0.25, 0.3) is 0 Å². The van der Waals surface area contributed by atoms with Gasteiger partial charge < -0.3 is 10.4 Å². The number of nitrogens with one attached hydrogen (secondary N) is 1. The largest absolute Gasteiger partial charge is 0.481 e. The standard InChI is InChI=1S/C12H12F3N3O3/c13-12(14,15)11-16-4-7(5-17-11)9(19)18-8-2-1-6(3-8)10(20)21/h4-6,8H,1-3H2,(H,18,19)(H,20,21)/t6-,8+/m1/s1. The number of alkyl halides is 3. The number of hydrogen-bond acceptors (Lipinski definition) is 4. The molecule has 2 atom stereocenters. The van der Waals surface area contributed by atoms with E-state index in [-0.39, 0.29) is 11.6 Å². The molecule has 6 nitrogen and oxygen atoms in total. The molecule has 2 N–H and O–H groups in total. The number of carboxylic acids is 1. The van der Waals surface area contributed by atoms with E-state index >= 15 is 0 Å². The average Bonchev–Trinajstić information content (AvgIpc) is 2.86. The first-order valence-corrected chi connectivity index (χ1v) is 6.20. The van der Waals surface area contributed by atoms with Crippen LogP contribution in [0.4, 0.5) is 13.2 Å². The smallest absolute Gasteiger partial charge is 0.451 e. The highest BCUT2D eigenvalue weighted by Gasteiger charge is 2.35. The summed E-state index contributed by atoms with van der Waals surface area (Å²) in [7, 11) is 0. The van der Waals surface area contributed by atoms with Crippen molar-refractivity contribution in [2.24, 2.45) is 5.92 Å². The lowest BCUT2D eigenvalue weighted by Gasteiger charge is -2.12. The summed E-state index contributed by atoms with van der Waals surface area (Å²) in [5, 5.41) is 11.4. The van der Waals surface area contributed by atoms with Gasteiger partial charge in [0, 0.05) is 18.4 Å². The second-order valence-electron chi connectivity index (χ2n) is 4.81. The van der Waals surface area contributed by atoms with Crippen molar-refractivity contribution >= 4 is 11.9 Å². The number of halogens is 3. The molecule has 1 aliphatic rings. The quantitative estimate of drug-likeness (QED) is 0.882. The van der Waals surface area contributed by atoms with Crippen LogP contribution < -0.4 is 5.32 Å². The number of hydrogen-bond donors (Lipinski definition) is 2. The van der Waals surface area contributed by atoms with E-state index in [0.717, 1.165) is 12.4 Å². The molecule has 114 valence electrons. The summed E-state index contributed by atoms with van der Waals surface area (Å²) in [4.78, 5) is 28.8. The molecule has 2 rings (SSSR count). The van der Waals surface area contributed by atoms with Crippen molar-refractivity contribution in [1.29, 1.82) is 0 Å². The molecular weight excluding hydrogens is 291 g/mol. The molecule has 0 spiro atoms. The Labute approximate surface area is 117 Å². The fourth-order valence-electron chi connectivity index (χ4n) is 2.20. The van der Waals surface area contributed by atoms with Crippen molar-refractivity contribution in [2.75, 3.05) is 0 Å². The molecule has 1 amide bonds. The highest BCUT2D eigenvalue weighted by Crippen LogP contribution is 2.26. The van der Waals surface area contributed by atoms with E-state index in [1.807, 2.05) is 0 Å². The van der Waals surface area contributed by atoms with Crippen LogP contribution in [0, 0.1) is 5.92 Å². The van der Waals surface area contributed by atoms with Gasteiger partial charge in [-0.05, 0) is 19.3 Å². The molecule has 0 aliphatic heterocycles. The maximum atomic E-state index is 12.3. The maximum absolute atomic E-state index is 12.3. The Morgan fingerprint density at radius 3 is 2.33 bits per heavy atom. The second kappa shape index (κ2) is 5.66. The lowest BCUT2D eigenvalue weighted by Crippen LogP contribution is -2.33. The average molecular weight is 303 g/mol. The van der Waals surface area contributed by atoms with Crippen LogP contribution in [0.15, 0.2) is 12.4 Å². The summed E-state index contributed by atoms with van der Waals surface area (Å²) in [6.07, 6.45) is -1.77. The van der Waals surface area contributed by atoms with E-state index in [4.69, 9.17) is 5.11 Å². The van der Waals surface area contributed by atoms with E-state index in [1.165, 1.54) is 0 Å². The van der Waals surface area contributed by atoms with Gasteiger partial charge in [-0.1, -0.05) is 0 Å². The van der Waals surface area contributed by atoms with Crippen molar-refractivity contribution in [2.45, 2.75) is 31.5 Å². The van der Waals surface area contributed by atoms with Crippen LogP contribution >= 0.6 is 0 Å². The maximum Gasteiger partial charge on any atom is 0.451 e. The Morgan fingerprint density at radius 1 is 1.24 bits per heavy atom. The lowest BCUT2D eigenvalue weighted by atomic mass is 10.1. The van der Waals surface area contributed by atoms with Gasteiger partial charge in [-0.25, -0.2) is 9.97 Å². The van der Waals surface area contributed by atoms with Gasteiger partial charge in [0.05, 0.1) is 11.5 Å². The zero-order valence-corrected chi connectivity index (χ0v) is 10.7. The van der Waals surface area contributed by atoms with Crippen molar-refractivity contribution < 1.29 is 27.9 Å². The van der Waals surface area contributed by atoms with E-state index < -0.39 is 29.8 Å². The summed E-state index contributed by atoms with van der Waals surface area (Å²) in [6, 6.07) is -0.305. The Kier molecular flexibility index (Phi) is 4.10. The van der Waals surface area contributed by atoms with Crippen molar-refractivity contribution in [3.63, 3.8) is 0 Å². The van der Waals surface area contributed by atoms with Gasteiger partial charge in [-0.2, -0.15) is 13.2 Å². The number of amides is 1. The second-order valence-corrected chi connectivity index (χ2v) is 4.81. The molecule has 1 aromatic rings. The minimum Gasteiger partial charge on any atom is -0.481 e. The molecular formula is C12H12F3N3O3. The third-order valence-corrected chi connectivity index (χ3v) is 3.28. The molecule has 9 heteroatoms. The number of carbonyl (C=O) groups is 2. The molecule has 1 aromatic heterocycles. The normalized spacial score (nSPS) is 22.0.